The average Bonchev–Trinajstić information content (AvgIpc) is 1.59. The number of fused-ring (bicyclic) bond motifs is 5. The first-order valence-electron chi connectivity index (χ1n) is 38.1. The van der Waals surface area contributed by atoms with Crippen LogP contribution >= 0.6 is 31.9 Å². The minimum Gasteiger partial charge on any atom is -0.870 e. The van der Waals surface area contributed by atoms with Crippen LogP contribution in [0.25, 0.3) is 5.57 Å². The molecule has 6 aromatic carbocycles. The van der Waals surface area contributed by atoms with E-state index in [1.165, 1.54) is 70.6 Å². The topological polar surface area (TPSA) is 322 Å². The Balaban J connectivity index is -0.00000139. The molecule has 2 unspecified atom stereocenters. The van der Waals surface area contributed by atoms with Gasteiger partial charge in [0, 0.05) is 199 Å². The van der Waals surface area contributed by atoms with Crippen LogP contribution in [0.4, 0.5) is 34.1 Å². The Bertz CT molecular complexity index is 4980. The van der Waals surface area contributed by atoms with E-state index < -0.39 is 4.92 Å². The normalized spacial score (nSPS) is 15.2. The van der Waals surface area contributed by atoms with Crippen molar-refractivity contribution in [2.45, 2.75) is 179 Å². The van der Waals surface area contributed by atoms with Gasteiger partial charge in [-0.1, -0.05) is 211 Å². The summed E-state index contributed by atoms with van der Waals surface area (Å²) in [4.78, 5) is 62.9. The molecule has 28 heteroatoms. The van der Waals surface area contributed by atoms with Crippen LogP contribution in [0, 0.1) is 63.9 Å². The molecule has 6 heterocycles. The summed E-state index contributed by atoms with van der Waals surface area (Å²) in [6.07, 6.45) is 17.9. The molecule has 124 heavy (non-hydrogen) atoms. The maximum atomic E-state index is 11.0. The van der Waals surface area contributed by atoms with Crippen LogP contribution in [0.3, 0.4) is 0 Å². The van der Waals surface area contributed by atoms with Crippen molar-refractivity contribution in [2.75, 3.05) is 72.8 Å². The molecule has 2 aliphatic carbocycles. The molecule has 4 N–H and O–H groups in total. The van der Waals surface area contributed by atoms with Crippen molar-refractivity contribution < 1.29 is 94.3 Å². The Hall–Kier alpha value is -8.53. The van der Waals surface area contributed by atoms with Crippen LogP contribution in [0.15, 0.2) is 221 Å². The van der Waals surface area contributed by atoms with Crippen LogP contribution < -0.4 is 44.4 Å². The summed E-state index contributed by atoms with van der Waals surface area (Å²) < 4.78 is 5.52. The van der Waals surface area contributed by atoms with E-state index in [0.29, 0.717) is 11.3 Å². The fraction of sp³-hybridized carbons (Fsp3) is 0.417. The first-order chi connectivity index (χ1) is 53.6. The molecular formula is C96H136Br2N12NaO12Pd+. The quantitative estimate of drug-likeness (QED) is 0.0206. The molecule has 1 saturated heterocycles. The van der Waals surface area contributed by atoms with E-state index in [9.17, 15) is 50.6 Å². The molecule has 3 aliphatic heterocycles. The summed E-state index contributed by atoms with van der Waals surface area (Å²) in [6.45, 7) is 30.4. The molecule has 1 fully saturated rings. The first-order valence-corrected chi connectivity index (χ1v) is 39.7. The summed E-state index contributed by atoms with van der Waals surface area (Å²) >= 11 is 6.94. The van der Waals surface area contributed by atoms with Gasteiger partial charge in [0.25, 0.3) is 28.4 Å². The number of piperidine rings is 1. The largest absolute Gasteiger partial charge is 1.00 e. The van der Waals surface area contributed by atoms with Gasteiger partial charge >= 0.3 is 29.6 Å². The SMILES string of the molecule is C.C.C.C.C.C.CCO.CN1CC=C(C(C)(C)c2ccc([N+](=O)[O-])cc2Br)CC1.CN1CCC2=C(C1)c1cc([N+](=O)[O-])ccc1C2(C)C.CN1CCC2C(C1)c1cc(N)ccc1C2(C)C.C[n+]1ccc(C(C)(C)c2ccc([N+](=O)[O-])cc2)cc1.C[n+]1ccc(C(C)(C)c2ccc([N+](=O)[O-])cc2Br)cc1.O=[N+]([O-])c1ccc(Cc2ccncc2)cc1.[CH3-].[Na+].[OH-].[Pd]. The van der Waals surface area contributed by atoms with E-state index in [2.05, 4.69) is 190 Å². The molecule has 676 valence electrons. The number of non-ortho nitro benzene ring substituents is 5. The zero-order valence-corrected chi connectivity index (χ0v) is 77.8. The second kappa shape index (κ2) is 51.9. The second-order valence-corrected chi connectivity index (χ2v) is 34.1. The number of aryl methyl sites for hydroxylation is 2. The molecule has 24 nitrogen and oxygen atoms in total. The van der Waals surface area contributed by atoms with E-state index in [1.54, 1.807) is 80.0 Å². The van der Waals surface area contributed by atoms with Crippen LogP contribution in [0.2, 0.25) is 0 Å². The van der Waals surface area contributed by atoms with Gasteiger partial charge in [-0.3, -0.25) is 55.6 Å². The minimum atomic E-state index is -0.393. The molecule has 3 aromatic heterocycles. The molecule has 14 rings (SSSR count). The number of hydrogen-bond acceptors (Lipinski definition) is 17. The first kappa shape index (κ1) is 120. The van der Waals surface area contributed by atoms with E-state index in [1.807, 2.05) is 90.5 Å². The number of nitro benzene ring substituents is 5. The van der Waals surface area contributed by atoms with E-state index in [0.717, 1.165) is 105 Å². The number of likely N-dealkylation sites (tertiary alicyclic amines) is 1. The number of likely N-dealkylation sites (N-methyl/N-ethyl adjacent to an activating group) is 3. The third kappa shape index (κ3) is 29.8. The van der Waals surface area contributed by atoms with Crippen molar-refractivity contribution >= 4 is 71.6 Å². The molecule has 0 spiro atoms. The number of benzene rings is 6. The third-order valence-electron chi connectivity index (χ3n) is 22.8. The van der Waals surface area contributed by atoms with Gasteiger partial charge in [0.15, 0.2) is 24.8 Å². The van der Waals surface area contributed by atoms with E-state index in [-0.39, 0.29) is 184 Å². The average molecular weight is 1940 g/mol. The Kier molecular flexibility index (Phi) is 50.1. The number of hydrogen-bond donors (Lipinski definition) is 2. The summed E-state index contributed by atoms with van der Waals surface area (Å²) in [5.74, 6) is 1.47. The smallest absolute Gasteiger partial charge is 0.870 e. The Morgan fingerprint density at radius 3 is 1.39 bits per heavy atom. The molecule has 5 aliphatic rings. The molecule has 2 atom stereocenters. The minimum absolute atomic E-state index is 0. The third-order valence-corrected chi connectivity index (χ3v) is 24.1. The molecule has 0 bridgehead atoms. The van der Waals surface area contributed by atoms with Crippen molar-refractivity contribution in [1.82, 2.24) is 19.7 Å². The number of pyridine rings is 3. The molecule has 0 radical (unpaired) electrons. The van der Waals surface area contributed by atoms with Gasteiger partial charge in [0.05, 0.1) is 24.6 Å². The van der Waals surface area contributed by atoms with Gasteiger partial charge in [-0.15, -0.1) is 0 Å². The number of aromatic nitrogens is 3. The van der Waals surface area contributed by atoms with Gasteiger partial charge in [0.1, 0.15) is 14.1 Å². The summed E-state index contributed by atoms with van der Waals surface area (Å²) in [7, 11) is 10.4. The number of aliphatic hydroxyl groups is 1. The predicted molar refractivity (Wildman–Crippen MR) is 506 cm³/mol. The number of nitro groups is 5. The van der Waals surface area contributed by atoms with Crippen LogP contribution in [-0.4, -0.2) is 122 Å². The number of nitrogens with zero attached hydrogens (tertiary/aromatic N) is 11. The number of anilines is 1. The van der Waals surface area contributed by atoms with Gasteiger partial charge in [0.2, 0.25) is 0 Å². The standard InChI is InChI=1S/C15H19BrN2O2.C15H16BrN2O2.C15H18N2O2.C15H17N2O2.C15H22N2.C12H10N2O2.C2H6O.6CH4.CH3.Na.H2O.Pd/c2*1-15(2,11-6-8-17(3)9-7-11)13-5-4-12(18(19)20)10-14(13)16;1-15(2)13-5-4-10(17(18)19)8-11(13)12-9-16(3)7-6-14(12)15;1-15(2,13-8-10-16(3)11-9-13)12-4-6-14(7-5-12)17(18)19;1-15(2)13-5-4-10(16)8-11(13)12-9-17(3)7-6-14(12)15;15-14(16)12-3-1-10(2-4-12)9-11-5-7-13-8-6-11;1-2-3;;;;;;;;;;/h4-6,10H,7-9H2,1-3H3;4-10H,1-3H3;4-5,8H,6-7,9H2,1-3H3;4-11H,1-3H3;4-5,8,12,14H,6-7,9,16H2,1-3H3;1-8H,9H2;3H,2H2,1H3;6*1H4;1H3;;1H2;/q;+1;;+1;;;;;;;;;;-1;+1;;/p-1. The van der Waals surface area contributed by atoms with Crippen molar-refractivity contribution in [1.29, 1.82) is 0 Å². The zero-order chi connectivity index (χ0) is 83.9. The van der Waals surface area contributed by atoms with Crippen LogP contribution in [0.5, 0.6) is 0 Å². The van der Waals surface area contributed by atoms with E-state index in [4.69, 9.17) is 10.8 Å². The molecule has 0 amide bonds. The fourth-order valence-electron chi connectivity index (χ4n) is 15.8. The van der Waals surface area contributed by atoms with Gasteiger partial charge < -0.3 is 38.4 Å². The van der Waals surface area contributed by atoms with Crippen molar-refractivity contribution in [3.05, 3.63) is 340 Å². The van der Waals surface area contributed by atoms with Crippen LogP contribution in [0.1, 0.15) is 207 Å². The maximum absolute atomic E-state index is 11.0. The Morgan fingerprint density at radius 1 is 0.532 bits per heavy atom. The fourth-order valence-corrected chi connectivity index (χ4v) is 17.5. The number of nitrogen functional groups attached to an aromatic ring is 1. The molecular weight excluding hydrogens is 1800 g/mol. The monoisotopic (exact) mass is 1940 g/mol. The predicted octanol–water partition coefficient (Wildman–Crippen LogP) is 19.4. The maximum Gasteiger partial charge on any atom is 1.00 e. The summed E-state index contributed by atoms with van der Waals surface area (Å²) in [6, 6.07) is 47.3. The molecule has 0 saturated carbocycles. The van der Waals surface area contributed by atoms with Gasteiger partial charge in [-0.05, 0) is 163 Å². The summed E-state index contributed by atoms with van der Waals surface area (Å²) in [5, 5.41) is 61.3. The van der Waals surface area contributed by atoms with Gasteiger partial charge in [-0.2, -0.15) is 0 Å². The number of rotatable bonds is 13. The molecule has 9 aromatic rings. The van der Waals surface area contributed by atoms with Crippen LogP contribution in [-0.2, 0) is 68.0 Å². The van der Waals surface area contributed by atoms with Crippen molar-refractivity contribution in [2.24, 2.45) is 20.0 Å². The number of nitrogens with two attached hydrogens (primary N) is 1. The Labute approximate surface area is 791 Å². The number of aliphatic hydroxyl groups excluding tert-OH is 1. The van der Waals surface area contributed by atoms with Gasteiger partial charge in [-0.25, -0.2) is 9.13 Å². The zero-order valence-electron chi connectivity index (χ0n) is 71.0. The summed E-state index contributed by atoms with van der Waals surface area (Å²) in [5.41, 5.74) is 24.5. The van der Waals surface area contributed by atoms with Crippen molar-refractivity contribution in [3.8, 4) is 0 Å². The Morgan fingerprint density at radius 2 is 0.935 bits per heavy atom. The van der Waals surface area contributed by atoms with E-state index >= 15 is 0 Å². The number of halogens is 2. The van der Waals surface area contributed by atoms with Crippen molar-refractivity contribution in [3.63, 3.8) is 0 Å². The second-order valence-electron chi connectivity index (χ2n) is 32.4.